The summed E-state index contributed by atoms with van der Waals surface area (Å²) in [6.45, 7) is 10.3. The lowest BCUT2D eigenvalue weighted by atomic mass is 9.93. The smallest absolute Gasteiger partial charge is 0.191 e. The molecule has 1 aliphatic rings. The number of aliphatic imine (C=N–C) groups is 1. The summed E-state index contributed by atoms with van der Waals surface area (Å²) < 4.78 is 11.3. The molecule has 1 fully saturated rings. The Morgan fingerprint density at radius 2 is 2.00 bits per heavy atom. The molecule has 1 aromatic heterocycles. The highest BCUT2D eigenvalue weighted by Gasteiger charge is 2.23. The fraction of sp³-hybridized carbons (Fsp3) is 0.750. The molecule has 0 aliphatic heterocycles. The van der Waals surface area contributed by atoms with Crippen LogP contribution in [-0.2, 0) is 11.2 Å². The minimum Gasteiger partial charge on any atom is -0.469 e. The van der Waals surface area contributed by atoms with Crippen molar-refractivity contribution in [3.63, 3.8) is 0 Å². The Bertz CT molecular complexity index is 489. The normalized spacial score (nSPS) is 21.8. The lowest BCUT2D eigenvalue weighted by molar-refractivity contribution is -0.0152. The Morgan fingerprint density at radius 3 is 2.60 bits per heavy atom. The van der Waals surface area contributed by atoms with Crippen LogP contribution in [0.3, 0.4) is 0 Å². The second kappa shape index (κ2) is 10.5. The first-order valence-corrected chi connectivity index (χ1v) is 9.75. The lowest BCUT2D eigenvalue weighted by Gasteiger charge is -2.31. The van der Waals surface area contributed by atoms with Crippen LogP contribution in [0.25, 0.3) is 0 Å². The third-order valence-corrected chi connectivity index (χ3v) is 4.34. The quantitative estimate of drug-likeness (QED) is 0.554. The molecule has 2 rings (SSSR count). The number of hydrogen-bond donors (Lipinski definition) is 2. The summed E-state index contributed by atoms with van der Waals surface area (Å²) in [6, 6.07) is 4.42. The maximum absolute atomic E-state index is 5.95. The number of nitrogens with zero attached hydrogens (tertiary/aromatic N) is 1. The van der Waals surface area contributed by atoms with Crippen LogP contribution in [-0.4, -0.2) is 37.3 Å². The van der Waals surface area contributed by atoms with Crippen molar-refractivity contribution in [1.82, 2.24) is 10.6 Å². The van der Waals surface area contributed by atoms with Gasteiger partial charge in [-0.25, -0.2) is 0 Å². The molecule has 0 aromatic carbocycles. The molecule has 5 nitrogen and oxygen atoms in total. The average Bonchev–Trinajstić information content (AvgIpc) is 3.07. The minimum atomic E-state index is 0.320. The molecule has 1 aromatic rings. The predicted octanol–water partition coefficient (Wildman–Crippen LogP) is 3.75. The van der Waals surface area contributed by atoms with Crippen LogP contribution in [0.5, 0.6) is 0 Å². The number of hydrogen-bond acceptors (Lipinski definition) is 3. The molecule has 1 saturated carbocycles. The van der Waals surface area contributed by atoms with Gasteiger partial charge in [-0.1, -0.05) is 13.8 Å². The monoisotopic (exact) mass is 349 g/mol. The third kappa shape index (κ3) is 7.95. The number of rotatable bonds is 8. The fourth-order valence-corrected chi connectivity index (χ4v) is 3.11. The van der Waals surface area contributed by atoms with Gasteiger partial charge < -0.3 is 19.8 Å². The zero-order valence-electron chi connectivity index (χ0n) is 16.3. The molecule has 0 bridgehead atoms. The largest absolute Gasteiger partial charge is 0.469 e. The van der Waals surface area contributed by atoms with Gasteiger partial charge in [0.15, 0.2) is 5.96 Å². The van der Waals surface area contributed by atoms with Crippen LogP contribution >= 0.6 is 0 Å². The molecule has 0 saturated heterocycles. The van der Waals surface area contributed by atoms with Gasteiger partial charge in [0.2, 0.25) is 0 Å². The summed E-state index contributed by atoms with van der Waals surface area (Å²) in [4.78, 5) is 4.74. The SMILES string of the molecule is CC(C)CN=C(NCCc1ccco1)NC1CCC(OC(C)C)CC1. The van der Waals surface area contributed by atoms with Gasteiger partial charge in [0, 0.05) is 25.6 Å². The van der Waals surface area contributed by atoms with Gasteiger partial charge in [-0.05, 0) is 57.6 Å². The van der Waals surface area contributed by atoms with Crippen LogP contribution in [0, 0.1) is 5.92 Å². The maximum Gasteiger partial charge on any atom is 0.191 e. The molecule has 0 unspecified atom stereocenters. The summed E-state index contributed by atoms with van der Waals surface area (Å²) in [5.74, 6) is 2.48. The van der Waals surface area contributed by atoms with Crippen LogP contribution in [0.2, 0.25) is 0 Å². The van der Waals surface area contributed by atoms with E-state index in [-0.39, 0.29) is 0 Å². The predicted molar refractivity (Wildman–Crippen MR) is 103 cm³/mol. The summed E-state index contributed by atoms with van der Waals surface area (Å²) in [7, 11) is 0. The highest BCUT2D eigenvalue weighted by atomic mass is 16.5. The second-order valence-corrected chi connectivity index (χ2v) is 7.64. The van der Waals surface area contributed by atoms with Gasteiger partial charge in [0.25, 0.3) is 0 Å². The molecule has 1 aliphatic carbocycles. The Morgan fingerprint density at radius 1 is 1.24 bits per heavy atom. The maximum atomic E-state index is 5.95. The standard InChI is InChI=1S/C20H35N3O2/c1-15(2)14-22-20(21-12-11-18-6-5-13-24-18)23-17-7-9-19(10-8-17)25-16(3)4/h5-6,13,15-17,19H,7-12,14H2,1-4H3,(H2,21,22,23). The van der Waals surface area contributed by atoms with Crippen molar-refractivity contribution in [2.45, 2.75) is 78.0 Å². The molecule has 0 radical (unpaired) electrons. The van der Waals surface area contributed by atoms with E-state index in [1.165, 1.54) is 0 Å². The molecular weight excluding hydrogens is 314 g/mol. The molecule has 0 amide bonds. The summed E-state index contributed by atoms with van der Waals surface area (Å²) >= 11 is 0. The zero-order chi connectivity index (χ0) is 18.1. The first kappa shape index (κ1) is 19.8. The van der Waals surface area contributed by atoms with E-state index in [0.717, 1.165) is 56.9 Å². The van der Waals surface area contributed by atoms with E-state index in [1.54, 1.807) is 6.26 Å². The number of guanidine groups is 1. The molecule has 0 spiro atoms. The van der Waals surface area contributed by atoms with Crippen molar-refractivity contribution in [2.24, 2.45) is 10.9 Å². The minimum absolute atomic E-state index is 0.320. The molecule has 142 valence electrons. The van der Waals surface area contributed by atoms with E-state index < -0.39 is 0 Å². The van der Waals surface area contributed by atoms with Crippen LogP contribution in [0.15, 0.2) is 27.8 Å². The van der Waals surface area contributed by atoms with E-state index in [9.17, 15) is 0 Å². The number of nitrogens with one attached hydrogen (secondary N) is 2. The van der Waals surface area contributed by atoms with Crippen LogP contribution in [0.1, 0.15) is 59.1 Å². The van der Waals surface area contributed by atoms with Crippen molar-refractivity contribution < 1.29 is 9.15 Å². The highest BCUT2D eigenvalue weighted by Crippen LogP contribution is 2.22. The molecular formula is C20H35N3O2. The third-order valence-electron chi connectivity index (χ3n) is 4.34. The van der Waals surface area contributed by atoms with Crippen molar-refractivity contribution in [3.8, 4) is 0 Å². The van der Waals surface area contributed by atoms with E-state index >= 15 is 0 Å². The summed E-state index contributed by atoms with van der Waals surface area (Å²) in [5, 5.41) is 7.07. The van der Waals surface area contributed by atoms with Crippen LogP contribution < -0.4 is 10.6 Å². The van der Waals surface area contributed by atoms with Crippen LogP contribution in [0.4, 0.5) is 0 Å². The Kier molecular flexibility index (Phi) is 8.32. The first-order valence-electron chi connectivity index (χ1n) is 9.75. The van der Waals surface area contributed by atoms with Gasteiger partial charge in [0.1, 0.15) is 5.76 Å². The van der Waals surface area contributed by atoms with Gasteiger partial charge in [0.05, 0.1) is 18.5 Å². The van der Waals surface area contributed by atoms with Crippen molar-refractivity contribution >= 4 is 5.96 Å². The zero-order valence-corrected chi connectivity index (χ0v) is 16.3. The Hall–Kier alpha value is -1.49. The summed E-state index contributed by atoms with van der Waals surface area (Å²) in [5.41, 5.74) is 0. The fourth-order valence-electron chi connectivity index (χ4n) is 3.11. The van der Waals surface area contributed by atoms with E-state index in [1.807, 2.05) is 12.1 Å². The topological polar surface area (TPSA) is 58.8 Å². The second-order valence-electron chi connectivity index (χ2n) is 7.64. The Labute approximate surface area is 152 Å². The van der Waals surface area contributed by atoms with Gasteiger partial charge in [-0.2, -0.15) is 0 Å². The van der Waals surface area contributed by atoms with Crippen molar-refractivity contribution in [2.75, 3.05) is 13.1 Å². The summed E-state index contributed by atoms with van der Waals surface area (Å²) in [6.07, 6.45) is 7.85. The lowest BCUT2D eigenvalue weighted by Crippen LogP contribution is -2.46. The van der Waals surface area contributed by atoms with Crippen molar-refractivity contribution in [3.05, 3.63) is 24.2 Å². The average molecular weight is 350 g/mol. The molecule has 25 heavy (non-hydrogen) atoms. The van der Waals surface area contributed by atoms with Gasteiger partial charge in [-0.3, -0.25) is 4.99 Å². The molecule has 5 heteroatoms. The Balaban J connectivity index is 1.78. The highest BCUT2D eigenvalue weighted by molar-refractivity contribution is 5.80. The number of ether oxygens (including phenoxy) is 1. The molecule has 2 N–H and O–H groups in total. The molecule has 1 heterocycles. The van der Waals surface area contributed by atoms with E-state index in [4.69, 9.17) is 14.1 Å². The van der Waals surface area contributed by atoms with Gasteiger partial charge >= 0.3 is 0 Å². The van der Waals surface area contributed by atoms with Gasteiger partial charge in [-0.15, -0.1) is 0 Å². The van der Waals surface area contributed by atoms with Crippen molar-refractivity contribution in [1.29, 1.82) is 0 Å². The molecule has 0 atom stereocenters. The first-order chi connectivity index (χ1) is 12.0. The van der Waals surface area contributed by atoms with E-state index in [0.29, 0.717) is 24.2 Å². The number of furan rings is 1. The van der Waals surface area contributed by atoms with E-state index in [2.05, 4.69) is 38.3 Å².